The number of carboxylic acids is 1. The molecule has 3 N–H and O–H groups in total. The molecule has 1 unspecified atom stereocenters. The van der Waals surface area contributed by atoms with E-state index in [1.165, 1.54) is 18.9 Å². The van der Waals surface area contributed by atoms with E-state index in [1.807, 2.05) is 6.92 Å². The largest absolute Gasteiger partial charge is 0.478 e. The highest BCUT2D eigenvalue weighted by Crippen LogP contribution is 2.34. The second-order valence-electron chi connectivity index (χ2n) is 5.35. The minimum atomic E-state index is -1.07. The lowest BCUT2D eigenvalue weighted by Crippen LogP contribution is -2.38. The Morgan fingerprint density at radius 2 is 2.14 bits per heavy atom. The van der Waals surface area contributed by atoms with Crippen molar-refractivity contribution in [1.29, 1.82) is 0 Å². The van der Waals surface area contributed by atoms with Crippen LogP contribution in [0.2, 0.25) is 0 Å². The Morgan fingerprint density at radius 3 is 2.71 bits per heavy atom. The summed E-state index contributed by atoms with van der Waals surface area (Å²) in [6.07, 6.45) is 4.34. The summed E-state index contributed by atoms with van der Waals surface area (Å²) in [7, 11) is 0. The number of rotatable bonds is 6. The summed E-state index contributed by atoms with van der Waals surface area (Å²) in [6, 6.07) is 4.55. The number of carbonyl (C=O) groups is 2. The Bertz CT molecular complexity index is 544. The van der Waals surface area contributed by atoms with Crippen LogP contribution < -0.4 is 10.6 Å². The summed E-state index contributed by atoms with van der Waals surface area (Å²) in [5, 5.41) is 14.7. The lowest BCUT2D eigenvalue weighted by atomic mass is 10.1. The molecule has 0 aromatic heterocycles. The highest BCUT2D eigenvalue weighted by atomic mass is 79.9. The molecule has 0 spiro atoms. The summed E-state index contributed by atoms with van der Waals surface area (Å²) in [6.45, 7) is 2.04. The number of carboxylic acid groups (broad SMARTS) is 1. The summed E-state index contributed by atoms with van der Waals surface area (Å²) in [5.74, 6) is -0.343. The number of nitrogens with one attached hydrogen (secondary N) is 2. The van der Waals surface area contributed by atoms with E-state index in [4.69, 9.17) is 5.11 Å². The highest BCUT2D eigenvalue weighted by Gasteiger charge is 2.25. The highest BCUT2D eigenvalue weighted by molar-refractivity contribution is 9.10. The van der Waals surface area contributed by atoms with Crippen molar-refractivity contribution in [2.75, 3.05) is 5.32 Å². The number of hydrogen-bond donors (Lipinski definition) is 3. The predicted octanol–water partition coefficient (Wildman–Crippen LogP) is 3.85. The number of anilines is 1. The molecular formula is C15H19BrN2O3. The van der Waals surface area contributed by atoms with Crippen molar-refractivity contribution in [3.05, 3.63) is 28.2 Å². The molecule has 5 nitrogen and oxygen atoms in total. The maximum Gasteiger partial charge on any atom is 0.337 e. The Balaban J connectivity index is 2.03. The molecule has 1 fully saturated rings. The van der Waals surface area contributed by atoms with Gasteiger partial charge in [-0.1, -0.05) is 25.8 Å². The normalized spacial score (nSPS) is 15.3. The second-order valence-corrected chi connectivity index (χ2v) is 6.20. The summed E-state index contributed by atoms with van der Waals surface area (Å²) in [4.78, 5) is 23.3. The van der Waals surface area contributed by atoms with Crippen molar-refractivity contribution in [3.8, 4) is 0 Å². The van der Waals surface area contributed by atoms with Gasteiger partial charge in [-0.2, -0.15) is 0 Å². The smallest absolute Gasteiger partial charge is 0.337 e. The van der Waals surface area contributed by atoms with Crippen LogP contribution in [0.3, 0.4) is 0 Å². The van der Waals surface area contributed by atoms with Gasteiger partial charge in [0.25, 0.3) is 0 Å². The van der Waals surface area contributed by atoms with Gasteiger partial charge in [0.05, 0.1) is 11.3 Å². The quantitative estimate of drug-likeness (QED) is 0.725. The van der Waals surface area contributed by atoms with Gasteiger partial charge in [0.1, 0.15) is 0 Å². The topological polar surface area (TPSA) is 78.4 Å². The van der Waals surface area contributed by atoms with Gasteiger partial charge in [0.15, 0.2) is 0 Å². The van der Waals surface area contributed by atoms with Crippen molar-refractivity contribution in [1.82, 2.24) is 5.32 Å². The third kappa shape index (κ3) is 4.46. The molecule has 2 rings (SSSR count). The van der Waals surface area contributed by atoms with Crippen LogP contribution in [0.25, 0.3) is 0 Å². The first-order chi connectivity index (χ1) is 10.0. The molecule has 1 aliphatic rings. The van der Waals surface area contributed by atoms with E-state index in [-0.39, 0.29) is 23.3 Å². The lowest BCUT2D eigenvalue weighted by molar-refractivity contribution is 0.0698. The van der Waals surface area contributed by atoms with Gasteiger partial charge >= 0.3 is 12.0 Å². The van der Waals surface area contributed by atoms with Crippen molar-refractivity contribution in [3.63, 3.8) is 0 Å². The van der Waals surface area contributed by atoms with E-state index in [0.29, 0.717) is 4.47 Å². The molecule has 6 heteroatoms. The summed E-state index contributed by atoms with van der Waals surface area (Å²) >= 11 is 3.27. The molecule has 0 bridgehead atoms. The van der Waals surface area contributed by atoms with Gasteiger partial charge < -0.3 is 15.7 Å². The van der Waals surface area contributed by atoms with Gasteiger partial charge in [-0.25, -0.2) is 9.59 Å². The average Bonchev–Trinajstić information content (AvgIpc) is 3.24. The maximum absolute atomic E-state index is 12.1. The van der Waals surface area contributed by atoms with Crippen molar-refractivity contribution < 1.29 is 14.7 Å². The van der Waals surface area contributed by atoms with Crippen LogP contribution in [0.15, 0.2) is 22.7 Å². The number of amides is 2. The number of para-hydroxylation sites is 1. The standard InChI is InChI=1S/C15H19BrN2O3/c1-2-10(8-9-6-7-9)17-15(21)18-13-11(14(19)20)4-3-5-12(13)16/h3-5,9-10H,2,6-8H2,1H3,(H,19,20)(H2,17,18,21). The molecule has 1 aliphatic carbocycles. The van der Waals surface area contributed by atoms with Crippen LogP contribution in [0.1, 0.15) is 43.0 Å². The zero-order valence-corrected chi connectivity index (χ0v) is 13.4. The molecule has 0 heterocycles. The Labute approximate surface area is 132 Å². The van der Waals surface area contributed by atoms with Crippen molar-refractivity contribution in [2.24, 2.45) is 5.92 Å². The van der Waals surface area contributed by atoms with Crippen molar-refractivity contribution in [2.45, 2.75) is 38.6 Å². The molecule has 1 atom stereocenters. The van der Waals surface area contributed by atoms with Crippen LogP contribution >= 0.6 is 15.9 Å². The van der Waals surface area contributed by atoms with Crippen LogP contribution in [0.5, 0.6) is 0 Å². The monoisotopic (exact) mass is 354 g/mol. The van der Waals surface area contributed by atoms with E-state index in [1.54, 1.807) is 12.1 Å². The maximum atomic E-state index is 12.1. The summed E-state index contributed by atoms with van der Waals surface area (Å²) < 4.78 is 0.549. The zero-order chi connectivity index (χ0) is 15.4. The minimum Gasteiger partial charge on any atom is -0.478 e. The molecule has 0 aliphatic heterocycles. The Hall–Kier alpha value is -1.56. The first-order valence-corrected chi connectivity index (χ1v) is 7.89. The van der Waals surface area contributed by atoms with Crippen LogP contribution in [-0.4, -0.2) is 23.1 Å². The number of hydrogen-bond acceptors (Lipinski definition) is 2. The van der Waals surface area contributed by atoms with E-state index >= 15 is 0 Å². The zero-order valence-electron chi connectivity index (χ0n) is 11.9. The molecule has 114 valence electrons. The average molecular weight is 355 g/mol. The first-order valence-electron chi connectivity index (χ1n) is 7.10. The minimum absolute atomic E-state index is 0.0646. The van der Waals surface area contributed by atoms with E-state index < -0.39 is 5.97 Å². The molecule has 2 amide bonds. The fourth-order valence-corrected chi connectivity index (χ4v) is 2.71. The molecule has 1 saturated carbocycles. The van der Waals surface area contributed by atoms with Gasteiger partial charge in [-0.3, -0.25) is 0 Å². The fraction of sp³-hybridized carbons (Fsp3) is 0.467. The number of carbonyl (C=O) groups excluding carboxylic acids is 1. The lowest BCUT2D eigenvalue weighted by Gasteiger charge is -2.18. The predicted molar refractivity (Wildman–Crippen MR) is 84.7 cm³/mol. The first kappa shape index (κ1) is 15.8. The van der Waals surface area contributed by atoms with E-state index in [0.717, 1.165) is 18.8 Å². The van der Waals surface area contributed by atoms with Crippen LogP contribution in [0, 0.1) is 5.92 Å². The number of halogens is 1. The molecular weight excluding hydrogens is 336 g/mol. The van der Waals surface area contributed by atoms with Crippen LogP contribution in [-0.2, 0) is 0 Å². The third-order valence-corrected chi connectivity index (χ3v) is 4.29. The number of aromatic carboxylic acids is 1. The SMILES string of the molecule is CCC(CC1CC1)NC(=O)Nc1c(Br)cccc1C(=O)O. The molecule has 0 saturated heterocycles. The third-order valence-electron chi connectivity index (χ3n) is 3.63. The van der Waals surface area contributed by atoms with E-state index in [2.05, 4.69) is 26.6 Å². The number of benzene rings is 1. The molecule has 0 radical (unpaired) electrons. The van der Waals surface area contributed by atoms with Gasteiger partial charge in [-0.05, 0) is 46.8 Å². The number of urea groups is 1. The fourth-order valence-electron chi connectivity index (χ4n) is 2.25. The van der Waals surface area contributed by atoms with Gasteiger partial charge in [0, 0.05) is 10.5 Å². The van der Waals surface area contributed by atoms with Gasteiger partial charge in [-0.15, -0.1) is 0 Å². The molecule has 21 heavy (non-hydrogen) atoms. The van der Waals surface area contributed by atoms with Gasteiger partial charge in [0.2, 0.25) is 0 Å². The second kappa shape index (κ2) is 6.93. The molecule has 1 aromatic carbocycles. The van der Waals surface area contributed by atoms with Crippen LogP contribution in [0.4, 0.5) is 10.5 Å². The Kier molecular flexibility index (Phi) is 5.22. The molecule has 1 aromatic rings. The van der Waals surface area contributed by atoms with E-state index in [9.17, 15) is 9.59 Å². The Morgan fingerprint density at radius 1 is 1.43 bits per heavy atom. The summed E-state index contributed by atoms with van der Waals surface area (Å²) in [5.41, 5.74) is 0.346. The van der Waals surface area contributed by atoms with Crippen molar-refractivity contribution >= 4 is 33.6 Å².